The number of carbonyl (C=O) groups excluding carboxylic acids is 1. The van der Waals surface area contributed by atoms with Crippen LogP contribution in [0.2, 0.25) is 0 Å². The van der Waals surface area contributed by atoms with E-state index < -0.39 is 23.7 Å². The van der Waals surface area contributed by atoms with Gasteiger partial charge < -0.3 is 14.6 Å². The van der Waals surface area contributed by atoms with Crippen LogP contribution in [0.25, 0.3) is 0 Å². The number of likely N-dealkylation sites (tertiary alicyclic amines) is 1. The quantitative estimate of drug-likeness (QED) is 0.827. The minimum absolute atomic E-state index is 0.0450. The molecule has 0 aliphatic carbocycles. The maximum Gasteiger partial charge on any atom is 0.411 e. The predicted octanol–water partition coefficient (Wildman–Crippen LogP) is 1.34. The molecule has 0 radical (unpaired) electrons. The zero-order valence-corrected chi connectivity index (χ0v) is 11.3. The van der Waals surface area contributed by atoms with Gasteiger partial charge >= 0.3 is 12.1 Å². The van der Waals surface area contributed by atoms with Crippen molar-refractivity contribution < 1.29 is 24.2 Å². The van der Waals surface area contributed by atoms with Crippen molar-refractivity contribution in [3.63, 3.8) is 0 Å². The van der Waals surface area contributed by atoms with Gasteiger partial charge in [0.25, 0.3) is 0 Å². The van der Waals surface area contributed by atoms with E-state index in [2.05, 4.69) is 0 Å². The minimum Gasteiger partial charge on any atom is -0.480 e. The van der Waals surface area contributed by atoms with Crippen molar-refractivity contribution in [2.75, 3.05) is 20.3 Å². The minimum atomic E-state index is -1.00. The Hall–Kier alpha value is -1.30. The second-order valence-corrected chi connectivity index (χ2v) is 5.54. The topological polar surface area (TPSA) is 76.1 Å². The average molecular weight is 259 g/mol. The van der Waals surface area contributed by atoms with Gasteiger partial charge in [0.1, 0.15) is 11.6 Å². The number of carbonyl (C=O) groups is 2. The number of hydrogen-bond donors (Lipinski definition) is 1. The van der Waals surface area contributed by atoms with Gasteiger partial charge in [-0.3, -0.25) is 4.90 Å². The molecule has 1 heterocycles. The standard InChI is InChI=1S/C12H21NO5/c1-12(2,3)18-11(16)13-6-8(7-17-4)5-9(13)10(14)15/h8-9H,5-7H2,1-4H3,(H,14,15)/t8-,9+/m0/s1. The normalized spacial score (nSPS) is 24.1. The van der Waals surface area contributed by atoms with Crippen LogP contribution in [0.3, 0.4) is 0 Å². The molecule has 0 spiro atoms. The molecule has 1 rings (SSSR count). The van der Waals surface area contributed by atoms with Crippen LogP contribution in [0.4, 0.5) is 4.79 Å². The summed E-state index contributed by atoms with van der Waals surface area (Å²) in [5.41, 5.74) is -0.626. The summed E-state index contributed by atoms with van der Waals surface area (Å²) in [6.07, 6.45) is -0.170. The maximum atomic E-state index is 11.9. The largest absolute Gasteiger partial charge is 0.480 e. The molecule has 0 aromatic heterocycles. The van der Waals surface area contributed by atoms with E-state index in [4.69, 9.17) is 14.6 Å². The van der Waals surface area contributed by atoms with Gasteiger partial charge in [0.15, 0.2) is 0 Å². The van der Waals surface area contributed by atoms with Crippen LogP contribution in [-0.2, 0) is 14.3 Å². The third kappa shape index (κ3) is 3.87. The molecule has 0 bridgehead atoms. The molecular weight excluding hydrogens is 238 g/mol. The van der Waals surface area contributed by atoms with Gasteiger partial charge in [0, 0.05) is 19.6 Å². The highest BCUT2D eigenvalue weighted by Gasteiger charge is 2.41. The first-order chi connectivity index (χ1) is 8.24. The van der Waals surface area contributed by atoms with E-state index in [1.165, 1.54) is 4.90 Å². The van der Waals surface area contributed by atoms with E-state index in [0.717, 1.165) is 0 Å². The number of carboxylic acid groups (broad SMARTS) is 1. The molecule has 1 saturated heterocycles. The zero-order chi connectivity index (χ0) is 13.9. The lowest BCUT2D eigenvalue weighted by Crippen LogP contribution is -2.43. The van der Waals surface area contributed by atoms with Gasteiger partial charge in [-0.2, -0.15) is 0 Å². The van der Waals surface area contributed by atoms with Gasteiger partial charge in [0.05, 0.1) is 6.61 Å². The number of methoxy groups -OCH3 is 1. The summed E-state index contributed by atoms with van der Waals surface area (Å²) in [5.74, 6) is -0.955. The second kappa shape index (κ2) is 5.56. The summed E-state index contributed by atoms with van der Waals surface area (Å²) in [6.45, 7) is 6.07. The third-order valence-electron chi connectivity index (χ3n) is 2.70. The lowest BCUT2D eigenvalue weighted by molar-refractivity contribution is -0.142. The van der Waals surface area contributed by atoms with Crippen molar-refractivity contribution in [1.82, 2.24) is 4.90 Å². The first-order valence-electron chi connectivity index (χ1n) is 5.96. The summed E-state index contributed by atoms with van der Waals surface area (Å²) in [4.78, 5) is 24.3. The van der Waals surface area contributed by atoms with Crippen LogP contribution in [0.1, 0.15) is 27.2 Å². The highest BCUT2D eigenvalue weighted by atomic mass is 16.6. The van der Waals surface area contributed by atoms with E-state index >= 15 is 0 Å². The zero-order valence-electron chi connectivity index (χ0n) is 11.3. The number of nitrogens with zero attached hydrogens (tertiary/aromatic N) is 1. The summed E-state index contributed by atoms with van der Waals surface area (Å²) in [7, 11) is 1.56. The number of hydrogen-bond acceptors (Lipinski definition) is 4. The van der Waals surface area contributed by atoms with Gasteiger partial charge in [0.2, 0.25) is 0 Å². The fourth-order valence-corrected chi connectivity index (χ4v) is 2.04. The second-order valence-electron chi connectivity index (χ2n) is 5.54. The lowest BCUT2D eigenvalue weighted by Gasteiger charge is -2.26. The summed E-state index contributed by atoms with van der Waals surface area (Å²) < 4.78 is 10.2. The monoisotopic (exact) mass is 259 g/mol. The van der Waals surface area contributed by atoms with Crippen LogP contribution >= 0.6 is 0 Å². The molecule has 18 heavy (non-hydrogen) atoms. The van der Waals surface area contributed by atoms with E-state index in [1.54, 1.807) is 27.9 Å². The summed E-state index contributed by atoms with van der Waals surface area (Å²) >= 11 is 0. The van der Waals surface area contributed by atoms with Crippen LogP contribution < -0.4 is 0 Å². The van der Waals surface area contributed by atoms with E-state index in [1.807, 2.05) is 0 Å². The molecule has 1 amide bonds. The SMILES string of the molecule is COC[C@H]1C[C@H](C(=O)O)N(C(=O)OC(C)(C)C)C1. The molecule has 0 aromatic rings. The van der Waals surface area contributed by atoms with Crippen LogP contribution in [-0.4, -0.2) is 54.0 Å². The van der Waals surface area contributed by atoms with Crippen LogP contribution in [0.5, 0.6) is 0 Å². The van der Waals surface area contributed by atoms with Gasteiger partial charge in [-0.05, 0) is 27.2 Å². The van der Waals surface area contributed by atoms with Gasteiger partial charge in [-0.15, -0.1) is 0 Å². The highest BCUT2D eigenvalue weighted by Crippen LogP contribution is 2.25. The van der Waals surface area contributed by atoms with Crippen molar-refractivity contribution in [2.24, 2.45) is 5.92 Å². The Morgan fingerprint density at radius 1 is 1.39 bits per heavy atom. The fraction of sp³-hybridized carbons (Fsp3) is 0.833. The Kier molecular flexibility index (Phi) is 4.56. The Labute approximate surface area is 107 Å². The molecule has 6 nitrogen and oxygen atoms in total. The Bertz CT molecular complexity index is 323. The van der Waals surface area contributed by atoms with Crippen molar-refractivity contribution >= 4 is 12.1 Å². The molecule has 1 fully saturated rings. The molecule has 0 aromatic carbocycles. The highest BCUT2D eigenvalue weighted by molar-refractivity contribution is 5.81. The number of ether oxygens (including phenoxy) is 2. The first kappa shape index (κ1) is 14.8. The maximum absolute atomic E-state index is 11.9. The Balaban J connectivity index is 2.72. The molecule has 1 N–H and O–H groups in total. The van der Waals surface area contributed by atoms with Crippen molar-refractivity contribution in [3.05, 3.63) is 0 Å². The summed E-state index contributed by atoms with van der Waals surface area (Å²) in [5, 5.41) is 9.13. The molecule has 0 saturated carbocycles. The Morgan fingerprint density at radius 3 is 2.44 bits per heavy atom. The smallest absolute Gasteiger partial charge is 0.411 e. The molecule has 1 aliphatic rings. The van der Waals surface area contributed by atoms with E-state index in [0.29, 0.717) is 19.6 Å². The number of aliphatic carboxylic acids is 1. The third-order valence-corrected chi connectivity index (χ3v) is 2.70. The molecule has 0 unspecified atom stereocenters. The fourth-order valence-electron chi connectivity index (χ4n) is 2.04. The molecule has 6 heteroatoms. The lowest BCUT2D eigenvalue weighted by atomic mass is 10.1. The van der Waals surface area contributed by atoms with Crippen LogP contribution in [0, 0.1) is 5.92 Å². The number of rotatable bonds is 3. The Morgan fingerprint density at radius 2 is 2.00 bits per heavy atom. The first-order valence-corrected chi connectivity index (χ1v) is 5.96. The molecule has 1 aliphatic heterocycles. The summed E-state index contributed by atoms with van der Waals surface area (Å²) in [6, 6.07) is -0.819. The average Bonchev–Trinajstić information content (AvgIpc) is 2.59. The van der Waals surface area contributed by atoms with Crippen molar-refractivity contribution in [3.8, 4) is 0 Å². The molecule has 104 valence electrons. The van der Waals surface area contributed by atoms with Gasteiger partial charge in [-0.25, -0.2) is 9.59 Å². The number of amides is 1. The molecular formula is C12H21NO5. The van der Waals surface area contributed by atoms with Crippen LogP contribution in [0.15, 0.2) is 0 Å². The molecule has 2 atom stereocenters. The number of carboxylic acids is 1. The van der Waals surface area contributed by atoms with E-state index in [-0.39, 0.29) is 5.92 Å². The predicted molar refractivity (Wildman–Crippen MR) is 64.3 cm³/mol. The van der Waals surface area contributed by atoms with Gasteiger partial charge in [-0.1, -0.05) is 0 Å². The van der Waals surface area contributed by atoms with E-state index in [9.17, 15) is 9.59 Å². The van der Waals surface area contributed by atoms with Crippen molar-refractivity contribution in [2.45, 2.75) is 38.8 Å². The van der Waals surface area contributed by atoms with Crippen molar-refractivity contribution in [1.29, 1.82) is 0 Å².